The standard InChI is InChI=1S/C19H18N4O/c1-14-6-5-9-17(20-14)18-12-16-13-22(10-11-23(16)21-18)19(24)15-7-3-2-4-8-15/h2-9,12H,10-11,13H2,1H3. The average Bonchev–Trinajstić information content (AvgIpc) is 3.05. The Labute approximate surface area is 140 Å². The minimum Gasteiger partial charge on any atom is -0.331 e. The lowest BCUT2D eigenvalue weighted by Gasteiger charge is -2.27. The lowest BCUT2D eigenvalue weighted by molar-refractivity contribution is 0.0706. The highest BCUT2D eigenvalue weighted by Gasteiger charge is 2.23. The molecule has 5 heteroatoms. The summed E-state index contributed by atoms with van der Waals surface area (Å²) in [5.74, 6) is 0.0679. The quantitative estimate of drug-likeness (QED) is 0.730. The third-order valence-corrected chi connectivity index (χ3v) is 4.26. The second-order valence-electron chi connectivity index (χ2n) is 6.00. The topological polar surface area (TPSA) is 51.0 Å². The van der Waals surface area contributed by atoms with E-state index < -0.39 is 0 Å². The molecule has 1 amide bonds. The Balaban J connectivity index is 1.59. The molecule has 4 rings (SSSR count). The summed E-state index contributed by atoms with van der Waals surface area (Å²) in [4.78, 5) is 19.0. The van der Waals surface area contributed by atoms with Crippen LogP contribution in [0.25, 0.3) is 11.4 Å². The summed E-state index contributed by atoms with van der Waals surface area (Å²) in [6.45, 7) is 3.93. The Hall–Kier alpha value is -2.95. The molecule has 0 radical (unpaired) electrons. The number of rotatable bonds is 2. The van der Waals surface area contributed by atoms with Crippen LogP contribution < -0.4 is 0 Å². The number of nitrogens with zero attached hydrogens (tertiary/aromatic N) is 4. The van der Waals surface area contributed by atoms with E-state index in [0.29, 0.717) is 19.6 Å². The summed E-state index contributed by atoms with van der Waals surface area (Å²) in [6.07, 6.45) is 0. The van der Waals surface area contributed by atoms with E-state index in [-0.39, 0.29) is 5.91 Å². The molecule has 0 saturated carbocycles. The Bertz CT molecular complexity index is 885. The van der Waals surface area contributed by atoms with Gasteiger partial charge in [-0.3, -0.25) is 14.5 Å². The summed E-state index contributed by atoms with van der Waals surface area (Å²) < 4.78 is 1.98. The highest BCUT2D eigenvalue weighted by molar-refractivity contribution is 5.94. The van der Waals surface area contributed by atoms with Crippen LogP contribution in [0, 0.1) is 6.92 Å². The number of hydrogen-bond acceptors (Lipinski definition) is 3. The van der Waals surface area contributed by atoms with Gasteiger partial charge in [0, 0.05) is 17.8 Å². The zero-order valence-corrected chi connectivity index (χ0v) is 13.5. The van der Waals surface area contributed by atoms with Crippen molar-refractivity contribution in [2.75, 3.05) is 6.54 Å². The maximum atomic E-state index is 12.6. The van der Waals surface area contributed by atoms with Gasteiger partial charge in [0.1, 0.15) is 5.69 Å². The number of aryl methyl sites for hydroxylation is 1. The second kappa shape index (κ2) is 5.92. The third-order valence-electron chi connectivity index (χ3n) is 4.26. The van der Waals surface area contributed by atoms with E-state index in [0.717, 1.165) is 28.3 Å². The maximum absolute atomic E-state index is 12.6. The SMILES string of the molecule is Cc1cccc(-c2cc3n(n2)CCN(C(=O)c2ccccc2)C3)n1. The minimum absolute atomic E-state index is 0.0679. The molecule has 0 fully saturated rings. The second-order valence-corrected chi connectivity index (χ2v) is 6.00. The van der Waals surface area contributed by atoms with Gasteiger partial charge in [0.25, 0.3) is 5.91 Å². The highest BCUT2D eigenvalue weighted by atomic mass is 16.2. The largest absolute Gasteiger partial charge is 0.331 e. The highest BCUT2D eigenvalue weighted by Crippen LogP contribution is 2.22. The van der Waals surface area contributed by atoms with Gasteiger partial charge in [0.2, 0.25) is 0 Å². The number of carbonyl (C=O) groups is 1. The van der Waals surface area contributed by atoms with Gasteiger partial charge >= 0.3 is 0 Å². The first kappa shape index (κ1) is 14.6. The number of fused-ring (bicyclic) bond motifs is 1. The van der Waals surface area contributed by atoms with Gasteiger partial charge in [-0.05, 0) is 37.3 Å². The lowest BCUT2D eigenvalue weighted by atomic mass is 10.1. The fourth-order valence-corrected chi connectivity index (χ4v) is 3.01. The minimum atomic E-state index is 0.0679. The summed E-state index contributed by atoms with van der Waals surface area (Å²) in [5.41, 5.74) is 4.48. The molecular formula is C19H18N4O. The Morgan fingerprint density at radius 3 is 2.62 bits per heavy atom. The van der Waals surface area contributed by atoms with E-state index in [9.17, 15) is 4.79 Å². The van der Waals surface area contributed by atoms with E-state index in [2.05, 4.69) is 10.1 Å². The number of pyridine rings is 1. The van der Waals surface area contributed by atoms with Crippen molar-refractivity contribution in [3.05, 3.63) is 71.5 Å². The number of aromatic nitrogens is 3. The van der Waals surface area contributed by atoms with Crippen molar-refractivity contribution in [3.63, 3.8) is 0 Å². The van der Waals surface area contributed by atoms with Gasteiger partial charge in [-0.15, -0.1) is 0 Å². The predicted octanol–water partition coefficient (Wildman–Crippen LogP) is 2.91. The summed E-state index contributed by atoms with van der Waals surface area (Å²) >= 11 is 0. The van der Waals surface area contributed by atoms with Gasteiger partial charge in [0.15, 0.2) is 0 Å². The lowest BCUT2D eigenvalue weighted by Crippen LogP contribution is -2.38. The van der Waals surface area contributed by atoms with Crippen molar-refractivity contribution in [1.82, 2.24) is 19.7 Å². The van der Waals surface area contributed by atoms with Crippen LogP contribution in [0.15, 0.2) is 54.6 Å². The van der Waals surface area contributed by atoms with E-state index in [1.54, 1.807) is 0 Å². The monoisotopic (exact) mass is 318 g/mol. The van der Waals surface area contributed by atoms with Gasteiger partial charge in [-0.25, -0.2) is 0 Å². The zero-order chi connectivity index (χ0) is 16.5. The first-order valence-corrected chi connectivity index (χ1v) is 8.06. The number of hydrogen-bond donors (Lipinski definition) is 0. The fraction of sp³-hybridized carbons (Fsp3) is 0.211. The molecule has 3 heterocycles. The van der Waals surface area contributed by atoms with Crippen molar-refractivity contribution < 1.29 is 4.79 Å². The molecule has 0 spiro atoms. The molecule has 2 aromatic heterocycles. The summed E-state index contributed by atoms with van der Waals surface area (Å²) in [6, 6.07) is 17.4. The van der Waals surface area contributed by atoms with Crippen LogP contribution in [0.3, 0.4) is 0 Å². The first-order valence-electron chi connectivity index (χ1n) is 8.06. The van der Waals surface area contributed by atoms with Gasteiger partial charge < -0.3 is 4.90 Å². The van der Waals surface area contributed by atoms with Crippen molar-refractivity contribution in [1.29, 1.82) is 0 Å². The Morgan fingerprint density at radius 2 is 1.83 bits per heavy atom. The van der Waals surface area contributed by atoms with Gasteiger partial charge in [0.05, 0.1) is 24.5 Å². The number of carbonyl (C=O) groups excluding carboxylic acids is 1. The predicted molar refractivity (Wildman–Crippen MR) is 91.4 cm³/mol. The van der Waals surface area contributed by atoms with Crippen LogP contribution in [-0.4, -0.2) is 32.1 Å². The molecule has 5 nitrogen and oxygen atoms in total. The zero-order valence-electron chi connectivity index (χ0n) is 13.5. The molecule has 0 bridgehead atoms. The Kier molecular flexibility index (Phi) is 3.61. The molecule has 0 atom stereocenters. The average molecular weight is 318 g/mol. The normalized spacial score (nSPS) is 13.6. The van der Waals surface area contributed by atoms with Crippen molar-refractivity contribution in [2.24, 2.45) is 0 Å². The van der Waals surface area contributed by atoms with E-state index >= 15 is 0 Å². The maximum Gasteiger partial charge on any atom is 0.254 e. The van der Waals surface area contributed by atoms with Crippen LogP contribution in [0.1, 0.15) is 21.7 Å². The summed E-state index contributed by atoms with van der Waals surface area (Å²) in [5, 5.41) is 4.64. The number of amides is 1. The van der Waals surface area contributed by atoms with Crippen molar-refractivity contribution in [3.8, 4) is 11.4 Å². The molecule has 1 aromatic carbocycles. The smallest absolute Gasteiger partial charge is 0.254 e. The van der Waals surface area contributed by atoms with Crippen LogP contribution in [0.2, 0.25) is 0 Å². The fourth-order valence-electron chi connectivity index (χ4n) is 3.01. The Morgan fingerprint density at radius 1 is 1.00 bits per heavy atom. The third kappa shape index (κ3) is 2.69. The van der Waals surface area contributed by atoms with Crippen molar-refractivity contribution >= 4 is 5.91 Å². The van der Waals surface area contributed by atoms with E-state index in [1.807, 2.05) is 71.1 Å². The molecule has 24 heavy (non-hydrogen) atoms. The molecule has 0 unspecified atom stereocenters. The summed E-state index contributed by atoms with van der Waals surface area (Å²) in [7, 11) is 0. The van der Waals surface area contributed by atoms with Crippen LogP contribution in [-0.2, 0) is 13.1 Å². The molecule has 0 saturated heterocycles. The molecule has 0 N–H and O–H groups in total. The van der Waals surface area contributed by atoms with E-state index in [1.165, 1.54) is 0 Å². The first-order chi connectivity index (χ1) is 11.7. The molecule has 3 aromatic rings. The molecule has 0 aliphatic carbocycles. The molecule has 120 valence electrons. The number of benzene rings is 1. The molecule has 1 aliphatic rings. The van der Waals surface area contributed by atoms with Gasteiger partial charge in [-0.2, -0.15) is 5.10 Å². The molecular weight excluding hydrogens is 300 g/mol. The van der Waals surface area contributed by atoms with E-state index in [4.69, 9.17) is 0 Å². The van der Waals surface area contributed by atoms with Crippen LogP contribution >= 0.6 is 0 Å². The van der Waals surface area contributed by atoms with Crippen LogP contribution in [0.4, 0.5) is 0 Å². The van der Waals surface area contributed by atoms with Gasteiger partial charge in [-0.1, -0.05) is 24.3 Å². The molecule has 1 aliphatic heterocycles. The van der Waals surface area contributed by atoms with Crippen LogP contribution in [0.5, 0.6) is 0 Å². The van der Waals surface area contributed by atoms with Crippen molar-refractivity contribution in [2.45, 2.75) is 20.0 Å².